The van der Waals surface area contributed by atoms with E-state index in [0.29, 0.717) is 13.1 Å². The average Bonchev–Trinajstić information content (AvgIpc) is 2.76. The predicted molar refractivity (Wildman–Crippen MR) is 158 cm³/mol. The molecule has 2 amide bonds. The minimum absolute atomic E-state index is 0.350. The van der Waals surface area contributed by atoms with Crippen LogP contribution in [0.4, 0.5) is 9.59 Å². The standard InChI is InChI=1S/C26H53N5O4S2/c1-25(2,3)34-23(32)27-9-19-36-21-17-31(12-8-11-30-15-13-29(7)14-16-30)18-22-37-20-10-28-24(33)35-26(4,5)6/h8-22H2,1-7H3,(H,27,32)(H,28,33). The maximum atomic E-state index is 11.8. The summed E-state index contributed by atoms with van der Waals surface area (Å²) in [5.74, 6) is 3.82. The van der Waals surface area contributed by atoms with Gasteiger partial charge in [0.15, 0.2) is 0 Å². The molecule has 2 N–H and O–H groups in total. The van der Waals surface area contributed by atoms with Gasteiger partial charge in [0, 0.05) is 75.4 Å². The molecule has 0 aromatic rings. The third kappa shape index (κ3) is 20.7. The summed E-state index contributed by atoms with van der Waals surface area (Å²) in [4.78, 5) is 31.1. The molecule has 1 rings (SSSR count). The van der Waals surface area contributed by atoms with Crippen molar-refractivity contribution in [3.8, 4) is 0 Å². The number of hydrogen-bond acceptors (Lipinski definition) is 9. The molecule has 0 aliphatic carbocycles. The van der Waals surface area contributed by atoms with Gasteiger partial charge in [0.1, 0.15) is 11.2 Å². The predicted octanol–water partition coefficient (Wildman–Crippen LogP) is 3.44. The Morgan fingerprint density at radius 3 is 1.65 bits per heavy atom. The monoisotopic (exact) mass is 563 g/mol. The molecule has 218 valence electrons. The topological polar surface area (TPSA) is 86.4 Å². The molecule has 9 nitrogen and oxygen atoms in total. The van der Waals surface area contributed by atoms with Crippen LogP contribution in [0.25, 0.3) is 0 Å². The third-order valence-corrected chi connectivity index (χ3v) is 7.41. The Morgan fingerprint density at radius 2 is 1.22 bits per heavy atom. The highest BCUT2D eigenvalue weighted by Gasteiger charge is 2.17. The molecule has 1 aliphatic heterocycles. The zero-order valence-corrected chi connectivity index (χ0v) is 26.0. The van der Waals surface area contributed by atoms with E-state index >= 15 is 0 Å². The number of ether oxygens (including phenoxy) is 2. The van der Waals surface area contributed by atoms with Crippen LogP contribution >= 0.6 is 23.5 Å². The van der Waals surface area contributed by atoms with Gasteiger partial charge in [-0.3, -0.25) is 0 Å². The van der Waals surface area contributed by atoms with Gasteiger partial charge in [-0.05, 0) is 68.1 Å². The fourth-order valence-electron chi connectivity index (χ4n) is 3.60. The molecule has 0 aromatic carbocycles. The molecule has 0 bridgehead atoms. The molecule has 0 spiro atoms. The largest absolute Gasteiger partial charge is 0.444 e. The Morgan fingerprint density at radius 1 is 0.757 bits per heavy atom. The fraction of sp³-hybridized carbons (Fsp3) is 0.923. The maximum Gasteiger partial charge on any atom is 0.407 e. The van der Waals surface area contributed by atoms with Crippen molar-refractivity contribution in [1.82, 2.24) is 25.3 Å². The summed E-state index contributed by atoms with van der Waals surface area (Å²) < 4.78 is 10.6. The van der Waals surface area contributed by atoms with Crippen LogP contribution in [-0.4, -0.2) is 134 Å². The SMILES string of the molecule is CN1CCN(CCCN(CCSCCNC(=O)OC(C)(C)C)CCSCCNC(=O)OC(C)(C)C)CC1. The molecule has 0 radical (unpaired) electrons. The summed E-state index contributed by atoms with van der Waals surface area (Å²) in [5.41, 5.74) is -0.933. The van der Waals surface area contributed by atoms with Gasteiger partial charge in [-0.15, -0.1) is 0 Å². The van der Waals surface area contributed by atoms with Crippen LogP contribution in [0.3, 0.4) is 0 Å². The van der Waals surface area contributed by atoms with Crippen molar-refractivity contribution in [2.24, 2.45) is 0 Å². The molecule has 11 heteroatoms. The first-order valence-electron chi connectivity index (χ1n) is 13.6. The molecule has 1 saturated heterocycles. The van der Waals surface area contributed by atoms with Gasteiger partial charge in [0.25, 0.3) is 0 Å². The number of amides is 2. The first-order chi connectivity index (χ1) is 17.3. The summed E-state index contributed by atoms with van der Waals surface area (Å²) in [6.45, 7) is 21.4. The molecule has 0 aromatic heterocycles. The lowest BCUT2D eigenvalue weighted by atomic mass is 10.2. The van der Waals surface area contributed by atoms with Crippen molar-refractivity contribution in [2.45, 2.75) is 59.2 Å². The van der Waals surface area contributed by atoms with Gasteiger partial charge >= 0.3 is 12.2 Å². The number of carbonyl (C=O) groups excluding carboxylic acids is 2. The summed E-state index contributed by atoms with van der Waals surface area (Å²) in [5, 5.41) is 5.66. The Kier molecular flexibility index (Phi) is 17.0. The van der Waals surface area contributed by atoms with Gasteiger partial charge < -0.3 is 34.8 Å². The molecule has 1 heterocycles. The molecular formula is C26H53N5O4S2. The Labute approximate surface area is 234 Å². The van der Waals surface area contributed by atoms with Gasteiger partial charge in [0.2, 0.25) is 0 Å². The van der Waals surface area contributed by atoms with E-state index in [2.05, 4.69) is 32.4 Å². The quantitative estimate of drug-likeness (QED) is 0.274. The number of alkyl carbamates (subject to hydrolysis) is 2. The molecular weight excluding hydrogens is 510 g/mol. The van der Waals surface area contributed by atoms with Crippen molar-refractivity contribution in [3.05, 3.63) is 0 Å². The number of nitrogens with one attached hydrogen (secondary N) is 2. The first-order valence-corrected chi connectivity index (χ1v) is 15.9. The number of hydrogen-bond donors (Lipinski definition) is 2. The average molecular weight is 564 g/mol. The molecule has 1 aliphatic rings. The summed E-state index contributed by atoms with van der Waals surface area (Å²) in [6, 6.07) is 0. The Bertz CT molecular complexity index is 595. The van der Waals surface area contributed by atoms with Crippen LogP contribution in [0.1, 0.15) is 48.0 Å². The van der Waals surface area contributed by atoms with Crippen LogP contribution < -0.4 is 10.6 Å². The number of piperazine rings is 1. The van der Waals surface area contributed by atoms with Gasteiger partial charge in [-0.2, -0.15) is 23.5 Å². The number of nitrogens with zero attached hydrogens (tertiary/aromatic N) is 3. The Balaban J connectivity index is 2.27. The van der Waals surface area contributed by atoms with Gasteiger partial charge in [0.05, 0.1) is 0 Å². The van der Waals surface area contributed by atoms with Crippen LogP contribution in [0, 0.1) is 0 Å². The van der Waals surface area contributed by atoms with E-state index in [1.807, 2.05) is 65.1 Å². The second-order valence-electron chi connectivity index (χ2n) is 11.4. The number of likely N-dealkylation sites (N-methyl/N-ethyl adjacent to an activating group) is 1. The van der Waals surface area contributed by atoms with Crippen LogP contribution in [-0.2, 0) is 9.47 Å². The highest BCUT2D eigenvalue weighted by molar-refractivity contribution is 7.99. The number of thioether (sulfide) groups is 2. The third-order valence-electron chi connectivity index (χ3n) is 5.48. The summed E-state index contributed by atoms with van der Waals surface area (Å²) in [7, 11) is 2.19. The minimum Gasteiger partial charge on any atom is -0.444 e. The lowest BCUT2D eigenvalue weighted by Crippen LogP contribution is -2.45. The van der Waals surface area contributed by atoms with E-state index in [-0.39, 0.29) is 12.2 Å². The van der Waals surface area contributed by atoms with E-state index in [4.69, 9.17) is 9.47 Å². The Hall–Kier alpha value is -0.880. The second-order valence-corrected chi connectivity index (χ2v) is 13.9. The van der Waals surface area contributed by atoms with Crippen LogP contribution in [0.2, 0.25) is 0 Å². The van der Waals surface area contributed by atoms with E-state index in [9.17, 15) is 9.59 Å². The normalized spacial score (nSPS) is 15.6. The van der Waals surface area contributed by atoms with Crippen LogP contribution in [0.5, 0.6) is 0 Å². The maximum absolute atomic E-state index is 11.8. The first kappa shape index (κ1) is 34.1. The molecule has 1 fully saturated rings. The van der Waals surface area contributed by atoms with E-state index in [1.165, 1.54) is 6.42 Å². The van der Waals surface area contributed by atoms with Crippen molar-refractivity contribution in [3.63, 3.8) is 0 Å². The summed E-state index contributed by atoms with van der Waals surface area (Å²) >= 11 is 3.72. The van der Waals surface area contributed by atoms with Crippen molar-refractivity contribution in [2.75, 3.05) is 95.5 Å². The second kappa shape index (κ2) is 18.4. The zero-order chi connectivity index (χ0) is 27.7. The molecule has 0 saturated carbocycles. The highest BCUT2D eigenvalue weighted by Crippen LogP contribution is 2.09. The number of rotatable bonds is 16. The zero-order valence-electron chi connectivity index (χ0n) is 24.4. The highest BCUT2D eigenvalue weighted by atomic mass is 32.2. The van der Waals surface area contributed by atoms with E-state index in [0.717, 1.165) is 75.4 Å². The number of carbonyl (C=O) groups is 2. The van der Waals surface area contributed by atoms with Gasteiger partial charge in [-0.1, -0.05) is 0 Å². The molecule has 37 heavy (non-hydrogen) atoms. The van der Waals surface area contributed by atoms with E-state index < -0.39 is 11.2 Å². The minimum atomic E-state index is -0.467. The smallest absolute Gasteiger partial charge is 0.407 e. The molecule has 0 unspecified atom stereocenters. The van der Waals surface area contributed by atoms with Crippen molar-refractivity contribution in [1.29, 1.82) is 0 Å². The summed E-state index contributed by atoms with van der Waals surface area (Å²) in [6.07, 6.45) is 0.480. The van der Waals surface area contributed by atoms with E-state index in [1.54, 1.807) is 0 Å². The van der Waals surface area contributed by atoms with Crippen molar-refractivity contribution < 1.29 is 19.1 Å². The lowest BCUT2D eigenvalue weighted by molar-refractivity contribution is 0.0519. The lowest BCUT2D eigenvalue weighted by Gasteiger charge is -2.33. The van der Waals surface area contributed by atoms with Gasteiger partial charge in [-0.25, -0.2) is 9.59 Å². The van der Waals surface area contributed by atoms with Crippen molar-refractivity contribution >= 4 is 35.7 Å². The molecule has 0 atom stereocenters. The fourth-order valence-corrected chi connectivity index (χ4v) is 5.27. The van der Waals surface area contributed by atoms with Crippen LogP contribution in [0.15, 0.2) is 0 Å².